The maximum absolute atomic E-state index is 11.9. The molecule has 10 atom stereocenters. The molecule has 3 aromatic rings. The predicted octanol–water partition coefficient (Wildman–Crippen LogP) is -1.04. The van der Waals surface area contributed by atoms with Crippen molar-refractivity contribution in [1.29, 1.82) is 0 Å². The molecule has 0 spiro atoms. The van der Waals surface area contributed by atoms with E-state index in [2.05, 4.69) is 0 Å². The lowest BCUT2D eigenvalue weighted by Gasteiger charge is -2.45. The number of benzene rings is 2. The van der Waals surface area contributed by atoms with E-state index in [0.717, 1.165) is 30.3 Å². The molecule has 0 radical (unpaired) electrons. The van der Waals surface area contributed by atoms with Crippen molar-refractivity contribution in [3.63, 3.8) is 0 Å². The molecule has 1 aromatic heterocycles. The molecule has 2 aliphatic rings. The van der Waals surface area contributed by atoms with Gasteiger partial charge in [-0.1, -0.05) is 0 Å². The Hall–Kier alpha value is -4.73. The van der Waals surface area contributed by atoms with Gasteiger partial charge in [0, 0.05) is 24.3 Å². The van der Waals surface area contributed by atoms with Gasteiger partial charge in [0.15, 0.2) is 29.6 Å². The van der Waals surface area contributed by atoms with Crippen molar-refractivity contribution in [2.45, 2.75) is 74.8 Å². The SMILES string of the molecule is C[C@@H]1O[C@@H](OC2[C@H](Oc3cc4c(O)cc(O)cc4[o+]c3-c3cc(O)c(O)c(O)c3)O[C@H](COC(=O)CC(=O)O)[C@H](O)[C@@H]2O)[C@@H](O)[C@H](O)[C@H]1O. The number of phenols is 5. The number of phenolic OH excluding ortho intramolecular Hbond substituents is 5. The van der Waals surface area contributed by atoms with Crippen LogP contribution in [0.25, 0.3) is 22.3 Å². The summed E-state index contributed by atoms with van der Waals surface area (Å²) in [4.78, 5) is 22.8. The number of rotatable bonds is 9. The Kier molecular flexibility index (Phi) is 10.2. The molecular weight excluding hydrogens is 664 g/mol. The number of ether oxygens (including phenoxy) is 5. The van der Waals surface area contributed by atoms with Crippen molar-refractivity contribution in [2.24, 2.45) is 0 Å². The van der Waals surface area contributed by atoms with Crippen LogP contribution in [0.2, 0.25) is 0 Å². The number of carboxylic acid groups (broad SMARTS) is 1. The molecular formula is C30H33O19+. The zero-order valence-corrected chi connectivity index (χ0v) is 25.3. The van der Waals surface area contributed by atoms with Gasteiger partial charge < -0.3 is 79.9 Å². The average Bonchev–Trinajstić information content (AvgIpc) is 3.03. The van der Waals surface area contributed by atoms with Gasteiger partial charge in [-0.2, -0.15) is 0 Å². The molecule has 19 heteroatoms. The highest BCUT2D eigenvalue weighted by molar-refractivity contribution is 5.90. The summed E-state index contributed by atoms with van der Waals surface area (Å²) < 4.78 is 33.8. The predicted molar refractivity (Wildman–Crippen MR) is 156 cm³/mol. The first-order valence-corrected chi connectivity index (χ1v) is 14.5. The minimum atomic E-state index is -2.01. The molecule has 2 aromatic carbocycles. The summed E-state index contributed by atoms with van der Waals surface area (Å²) in [5, 5.41) is 113. The number of aliphatic hydroxyl groups is 5. The molecule has 2 aliphatic heterocycles. The third-order valence-electron chi connectivity index (χ3n) is 7.84. The Morgan fingerprint density at radius 2 is 1.47 bits per heavy atom. The van der Waals surface area contributed by atoms with E-state index >= 15 is 0 Å². The fraction of sp³-hybridized carbons (Fsp3) is 0.433. The van der Waals surface area contributed by atoms with E-state index < -0.39 is 121 Å². The standard InChI is InChI=1S/C30H32O19/c1-9-21(38)24(41)26(43)29(45-9)49-28-25(42)23(40)18(8-44-20(37)7-19(35)36)48-30(28)47-17-6-12-13(32)4-11(31)5-16(12)46-27(17)10-2-14(33)22(39)15(34)3-10/h2-6,9,18,21,23-26,28-30,38,40-43H,7-8H2,1H3,(H5-,31,32,33,34,35,36,39)/p+1/t9-,18+,21-,23-,24+,25-,26-,28?,29-,30+/m0/s1. The molecule has 2 saturated heterocycles. The molecule has 0 bridgehead atoms. The molecule has 1 unspecified atom stereocenters. The minimum Gasteiger partial charge on any atom is -0.507 e. The summed E-state index contributed by atoms with van der Waals surface area (Å²) >= 11 is 0. The van der Waals surface area contributed by atoms with Crippen LogP contribution < -0.4 is 4.74 Å². The Balaban J connectivity index is 1.57. The van der Waals surface area contributed by atoms with Crippen LogP contribution in [0.4, 0.5) is 0 Å². The van der Waals surface area contributed by atoms with Crippen molar-refractivity contribution in [1.82, 2.24) is 0 Å². The monoisotopic (exact) mass is 697 g/mol. The number of aromatic hydroxyl groups is 5. The number of carbonyl (C=O) groups is 2. The van der Waals surface area contributed by atoms with Gasteiger partial charge in [-0.3, -0.25) is 9.59 Å². The van der Waals surface area contributed by atoms with Crippen LogP contribution in [-0.2, 0) is 28.5 Å². The van der Waals surface area contributed by atoms with E-state index in [-0.39, 0.29) is 22.3 Å². The summed E-state index contributed by atoms with van der Waals surface area (Å²) in [7, 11) is 0. The van der Waals surface area contributed by atoms with Crippen molar-refractivity contribution >= 4 is 22.9 Å². The average molecular weight is 698 g/mol. The molecule has 0 amide bonds. The highest BCUT2D eigenvalue weighted by Crippen LogP contribution is 2.45. The first kappa shape index (κ1) is 35.6. The van der Waals surface area contributed by atoms with E-state index in [4.69, 9.17) is 33.2 Å². The highest BCUT2D eigenvalue weighted by atomic mass is 16.8. The molecule has 266 valence electrons. The number of aliphatic hydroxyl groups excluding tert-OH is 5. The molecule has 19 nitrogen and oxygen atoms in total. The second-order valence-corrected chi connectivity index (χ2v) is 11.4. The quantitative estimate of drug-likeness (QED) is 0.0551. The van der Waals surface area contributed by atoms with Crippen molar-refractivity contribution < 1.29 is 93.9 Å². The topological polar surface area (TPSA) is 314 Å². The maximum Gasteiger partial charge on any atom is 0.402 e. The zero-order valence-electron chi connectivity index (χ0n) is 25.3. The molecule has 5 rings (SSSR count). The van der Waals surface area contributed by atoms with Crippen molar-refractivity contribution in [3.8, 4) is 45.8 Å². The third kappa shape index (κ3) is 7.33. The molecule has 3 heterocycles. The van der Waals surface area contributed by atoms with Crippen molar-refractivity contribution in [2.75, 3.05) is 6.61 Å². The van der Waals surface area contributed by atoms with Crippen LogP contribution in [0.15, 0.2) is 34.7 Å². The van der Waals surface area contributed by atoms with E-state index in [0.29, 0.717) is 0 Å². The largest absolute Gasteiger partial charge is 0.507 e. The third-order valence-corrected chi connectivity index (χ3v) is 7.84. The van der Waals surface area contributed by atoms with Gasteiger partial charge in [0.2, 0.25) is 12.0 Å². The number of fused-ring (bicyclic) bond motifs is 1. The minimum absolute atomic E-state index is 0.0752. The second-order valence-electron chi connectivity index (χ2n) is 11.4. The highest BCUT2D eigenvalue weighted by Gasteiger charge is 2.52. The normalized spacial score (nSPS) is 30.2. The second kappa shape index (κ2) is 14.0. The number of carbonyl (C=O) groups excluding carboxylic acids is 1. The Labute approximate surface area is 274 Å². The maximum atomic E-state index is 11.9. The lowest BCUT2D eigenvalue weighted by molar-refractivity contribution is -0.354. The van der Waals surface area contributed by atoms with Gasteiger partial charge in [-0.05, 0) is 6.92 Å². The summed E-state index contributed by atoms with van der Waals surface area (Å²) in [6.45, 7) is 0.542. The molecule has 0 saturated carbocycles. The van der Waals surface area contributed by atoms with Gasteiger partial charge >= 0.3 is 23.3 Å². The zero-order chi connectivity index (χ0) is 35.9. The molecule has 0 aliphatic carbocycles. The van der Waals surface area contributed by atoms with Crippen LogP contribution in [0, 0.1) is 0 Å². The Morgan fingerprint density at radius 3 is 2.12 bits per heavy atom. The van der Waals surface area contributed by atoms with E-state index in [1.54, 1.807) is 0 Å². The Morgan fingerprint density at radius 1 is 0.796 bits per heavy atom. The number of hydrogen-bond donors (Lipinski definition) is 11. The van der Waals surface area contributed by atoms with Gasteiger partial charge in [0.05, 0.1) is 17.7 Å². The number of aliphatic carboxylic acids is 1. The first-order valence-electron chi connectivity index (χ1n) is 14.5. The molecule has 49 heavy (non-hydrogen) atoms. The summed E-state index contributed by atoms with van der Waals surface area (Å²) in [5.41, 5.74) is -0.305. The fourth-order valence-corrected chi connectivity index (χ4v) is 5.25. The lowest BCUT2D eigenvalue weighted by atomic mass is 9.97. The van der Waals surface area contributed by atoms with Gasteiger partial charge in [0.25, 0.3) is 0 Å². The Bertz CT molecular complexity index is 1690. The summed E-state index contributed by atoms with van der Waals surface area (Å²) in [6.07, 6.45) is -18.4. The van der Waals surface area contributed by atoms with Gasteiger partial charge in [-0.25, -0.2) is 4.42 Å². The van der Waals surface area contributed by atoms with Crippen LogP contribution >= 0.6 is 0 Å². The molecule has 2 fully saturated rings. The van der Waals surface area contributed by atoms with E-state index in [1.165, 1.54) is 6.92 Å². The summed E-state index contributed by atoms with van der Waals surface area (Å²) in [6, 6.07) is 5.13. The smallest absolute Gasteiger partial charge is 0.402 e. The first-order chi connectivity index (χ1) is 23.0. The molecule has 11 N–H and O–H groups in total. The van der Waals surface area contributed by atoms with E-state index in [9.17, 15) is 60.7 Å². The van der Waals surface area contributed by atoms with E-state index in [1.807, 2.05) is 0 Å². The van der Waals surface area contributed by atoms with Crippen LogP contribution in [0.1, 0.15) is 13.3 Å². The van der Waals surface area contributed by atoms with Crippen LogP contribution in [-0.4, -0.2) is 136 Å². The van der Waals surface area contributed by atoms with Crippen LogP contribution in [0.3, 0.4) is 0 Å². The summed E-state index contributed by atoms with van der Waals surface area (Å²) in [5.74, 6) is -6.87. The number of esters is 1. The van der Waals surface area contributed by atoms with Crippen LogP contribution in [0.5, 0.6) is 34.5 Å². The lowest BCUT2D eigenvalue weighted by Crippen LogP contribution is -2.64. The van der Waals surface area contributed by atoms with Gasteiger partial charge in [0.1, 0.15) is 66.5 Å². The van der Waals surface area contributed by atoms with Crippen molar-refractivity contribution in [3.05, 3.63) is 30.3 Å². The number of hydrogen-bond acceptors (Lipinski definition) is 17. The fourth-order valence-electron chi connectivity index (χ4n) is 5.25. The van der Waals surface area contributed by atoms with Gasteiger partial charge in [-0.15, -0.1) is 0 Å². The number of carboxylic acids is 1.